The molecule has 1 aliphatic rings. The fraction of sp³-hybridized carbons (Fsp3) is 0.312. The van der Waals surface area contributed by atoms with Crippen LogP contribution in [0.25, 0.3) is 0 Å². The highest BCUT2D eigenvalue weighted by atomic mass is 32.2. The van der Waals surface area contributed by atoms with Crippen LogP contribution in [-0.2, 0) is 16.4 Å². The highest BCUT2D eigenvalue weighted by Crippen LogP contribution is 2.23. The maximum Gasteiger partial charge on any atom is 0.174 e. The third-order valence-corrected chi connectivity index (χ3v) is 6.86. The van der Waals surface area contributed by atoms with Crippen molar-refractivity contribution in [1.29, 1.82) is 0 Å². The monoisotopic (exact) mass is 384 g/mol. The van der Waals surface area contributed by atoms with Crippen molar-refractivity contribution in [3.8, 4) is 0 Å². The summed E-state index contributed by atoms with van der Waals surface area (Å²) in [6.45, 7) is 0.560. The van der Waals surface area contributed by atoms with E-state index in [0.29, 0.717) is 23.8 Å². The van der Waals surface area contributed by atoms with Crippen molar-refractivity contribution in [1.82, 2.24) is 4.90 Å². The molecule has 0 bridgehead atoms. The molecule has 1 N–H and O–H groups in total. The number of sulfone groups is 1. The number of halogens is 1. The van der Waals surface area contributed by atoms with Gasteiger partial charge < -0.3 is 10.2 Å². The number of nitrogens with zero attached hydrogens (tertiary/aromatic N) is 1. The van der Waals surface area contributed by atoms with Gasteiger partial charge in [0.2, 0.25) is 0 Å². The normalized spacial score (nSPS) is 19.1. The Balaban J connectivity index is 1.78. The Morgan fingerprint density at radius 3 is 2.67 bits per heavy atom. The van der Waals surface area contributed by atoms with E-state index in [2.05, 4.69) is 5.32 Å². The minimum Gasteiger partial charge on any atom is -0.340 e. The lowest BCUT2D eigenvalue weighted by molar-refractivity contribution is 0.335. The molecule has 0 unspecified atom stereocenters. The first kappa shape index (κ1) is 17.3. The van der Waals surface area contributed by atoms with Crippen LogP contribution in [0.2, 0.25) is 0 Å². The van der Waals surface area contributed by atoms with Crippen molar-refractivity contribution in [2.75, 3.05) is 16.8 Å². The summed E-state index contributed by atoms with van der Waals surface area (Å²) in [7, 11) is -3.01. The molecule has 0 saturated carbocycles. The van der Waals surface area contributed by atoms with Crippen molar-refractivity contribution >= 4 is 44.2 Å². The molecule has 1 aliphatic heterocycles. The number of hydrogen-bond acceptors (Lipinski definition) is 4. The summed E-state index contributed by atoms with van der Waals surface area (Å²) in [6.07, 6.45) is 0.568. The molecule has 4 nitrogen and oxygen atoms in total. The van der Waals surface area contributed by atoms with Crippen LogP contribution in [0, 0.1) is 5.82 Å². The first-order valence-corrected chi connectivity index (χ1v) is 10.6. The van der Waals surface area contributed by atoms with Gasteiger partial charge >= 0.3 is 0 Å². The SMILES string of the molecule is O=S1(=O)CC[C@@H](N(Cc2cccs2)C(=S)Nc2ccc(F)cc2)C1. The van der Waals surface area contributed by atoms with Gasteiger partial charge in [-0.25, -0.2) is 12.8 Å². The lowest BCUT2D eigenvalue weighted by Crippen LogP contribution is -2.42. The largest absolute Gasteiger partial charge is 0.340 e. The first-order chi connectivity index (χ1) is 11.4. The topological polar surface area (TPSA) is 49.4 Å². The zero-order valence-electron chi connectivity index (χ0n) is 12.8. The summed E-state index contributed by atoms with van der Waals surface area (Å²) >= 11 is 7.11. The zero-order chi connectivity index (χ0) is 17.2. The first-order valence-electron chi connectivity index (χ1n) is 7.49. The summed E-state index contributed by atoms with van der Waals surface area (Å²) in [6, 6.07) is 9.75. The maximum atomic E-state index is 13.0. The molecule has 8 heteroatoms. The van der Waals surface area contributed by atoms with E-state index in [0.717, 1.165) is 4.88 Å². The summed E-state index contributed by atoms with van der Waals surface area (Å²) in [5.41, 5.74) is 0.679. The van der Waals surface area contributed by atoms with Crippen molar-refractivity contribution in [3.63, 3.8) is 0 Å². The van der Waals surface area contributed by atoms with E-state index in [4.69, 9.17) is 12.2 Å². The van der Waals surface area contributed by atoms with E-state index in [1.165, 1.54) is 12.1 Å². The van der Waals surface area contributed by atoms with E-state index in [1.807, 2.05) is 22.4 Å². The van der Waals surface area contributed by atoms with E-state index in [-0.39, 0.29) is 23.4 Å². The highest BCUT2D eigenvalue weighted by Gasteiger charge is 2.33. The zero-order valence-corrected chi connectivity index (χ0v) is 15.3. The molecule has 3 rings (SSSR count). The molecule has 2 heterocycles. The van der Waals surface area contributed by atoms with Crippen LogP contribution in [-0.4, -0.2) is 36.0 Å². The second-order valence-corrected chi connectivity index (χ2v) is 9.35. The quantitative estimate of drug-likeness (QED) is 0.820. The number of benzene rings is 1. The molecule has 1 aromatic heterocycles. The van der Waals surface area contributed by atoms with Crippen LogP contribution in [0.1, 0.15) is 11.3 Å². The van der Waals surface area contributed by atoms with Gasteiger partial charge in [-0.05, 0) is 54.4 Å². The molecule has 2 aromatic rings. The number of rotatable bonds is 4. The van der Waals surface area contributed by atoms with Gasteiger partial charge in [0.1, 0.15) is 5.82 Å². The Kier molecular flexibility index (Phi) is 5.17. The highest BCUT2D eigenvalue weighted by molar-refractivity contribution is 7.91. The van der Waals surface area contributed by atoms with E-state index >= 15 is 0 Å². The summed E-state index contributed by atoms with van der Waals surface area (Å²) < 4.78 is 36.7. The van der Waals surface area contributed by atoms with E-state index < -0.39 is 9.84 Å². The predicted molar refractivity (Wildman–Crippen MR) is 99.5 cm³/mol. The fourth-order valence-corrected chi connectivity index (χ4v) is 5.45. The van der Waals surface area contributed by atoms with Gasteiger partial charge in [-0.15, -0.1) is 11.3 Å². The number of thiocarbonyl (C=S) groups is 1. The molecule has 128 valence electrons. The van der Waals surface area contributed by atoms with Crippen molar-refractivity contribution in [3.05, 3.63) is 52.5 Å². The second kappa shape index (κ2) is 7.16. The van der Waals surface area contributed by atoms with Gasteiger partial charge in [0.05, 0.1) is 18.1 Å². The molecular formula is C16H17FN2O2S3. The predicted octanol–water partition coefficient (Wildman–Crippen LogP) is 3.27. The maximum absolute atomic E-state index is 13.0. The molecule has 1 fully saturated rings. The van der Waals surface area contributed by atoms with Crippen LogP contribution >= 0.6 is 23.6 Å². The standard InChI is InChI=1S/C16H17FN2O2S3/c17-12-3-5-13(6-4-12)18-16(22)19(10-15-2-1-8-23-15)14-7-9-24(20,21)11-14/h1-6,8,14H,7,9-11H2,(H,18,22)/t14-/m1/s1. The minimum absolute atomic E-state index is 0.115. The molecule has 0 amide bonds. The van der Waals surface area contributed by atoms with Crippen molar-refractivity contribution in [2.45, 2.75) is 19.0 Å². The van der Waals surface area contributed by atoms with Crippen LogP contribution < -0.4 is 5.32 Å². The Morgan fingerprint density at radius 1 is 1.33 bits per heavy atom. The van der Waals surface area contributed by atoms with Gasteiger partial charge in [0, 0.05) is 16.6 Å². The second-order valence-electron chi connectivity index (χ2n) is 5.70. The minimum atomic E-state index is -3.01. The van der Waals surface area contributed by atoms with Crippen LogP contribution in [0.3, 0.4) is 0 Å². The molecule has 0 aliphatic carbocycles. The molecule has 1 aromatic carbocycles. The molecule has 1 saturated heterocycles. The lowest BCUT2D eigenvalue weighted by Gasteiger charge is -2.30. The van der Waals surface area contributed by atoms with Crippen LogP contribution in [0.4, 0.5) is 10.1 Å². The average Bonchev–Trinajstić information content (AvgIpc) is 3.16. The van der Waals surface area contributed by atoms with Crippen molar-refractivity contribution < 1.29 is 12.8 Å². The van der Waals surface area contributed by atoms with Gasteiger partial charge in [0.15, 0.2) is 14.9 Å². The Bertz CT molecular complexity index is 804. The Labute approximate surface area is 150 Å². The van der Waals surface area contributed by atoms with E-state index in [9.17, 15) is 12.8 Å². The van der Waals surface area contributed by atoms with E-state index in [1.54, 1.807) is 23.5 Å². The summed E-state index contributed by atoms with van der Waals surface area (Å²) in [5.74, 6) is -0.00900. The smallest absolute Gasteiger partial charge is 0.174 e. The van der Waals surface area contributed by atoms with Gasteiger partial charge in [0.25, 0.3) is 0 Å². The Hall–Kier alpha value is -1.51. The third kappa shape index (κ3) is 4.31. The molecule has 1 atom stereocenters. The number of hydrogen-bond donors (Lipinski definition) is 1. The lowest BCUT2D eigenvalue weighted by atomic mass is 10.2. The van der Waals surface area contributed by atoms with Crippen molar-refractivity contribution in [2.24, 2.45) is 0 Å². The number of thiophene rings is 1. The molecule has 0 radical (unpaired) electrons. The fourth-order valence-electron chi connectivity index (χ4n) is 2.69. The molecule has 24 heavy (non-hydrogen) atoms. The third-order valence-electron chi connectivity index (χ3n) is 3.91. The summed E-state index contributed by atoms with van der Waals surface area (Å²) in [5, 5.41) is 5.52. The number of nitrogens with one attached hydrogen (secondary N) is 1. The van der Waals surface area contributed by atoms with Crippen LogP contribution in [0.5, 0.6) is 0 Å². The van der Waals surface area contributed by atoms with Gasteiger partial charge in [-0.1, -0.05) is 6.07 Å². The summed E-state index contributed by atoms with van der Waals surface area (Å²) in [4.78, 5) is 3.04. The number of anilines is 1. The molecular weight excluding hydrogens is 367 g/mol. The van der Waals surface area contributed by atoms with Crippen LogP contribution in [0.15, 0.2) is 41.8 Å². The van der Waals surface area contributed by atoms with Gasteiger partial charge in [-0.2, -0.15) is 0 Å². The molecule has 0 spiro atoms. The van der Waals surface area contributed by atoms with Gasteiger partial charge in [-0.3, -0.25) is 0 Å². The average molecular weight is 385 g/mol. The Morgan fingerprint density at radius 2 is 2.08 bits per heavy atom.